The van der Waals surface area contributed by atoms with Crippen LogP contribution in [-0.4, -0.2) is 96.7 Å². The molecular formula is C73H138O17P2. The maximum atomic E-state index is 13.0. The Hall–Kier alpha value is -2.46. The standard InChI is InChI=1S/C73H138O17P2/c1-6-10-13-16-19-22-25-28-30-32-35-37-40-46-51-56-70(75)83-62-68(89-73(78)59-54-49-42-39-36-33-31-29-26-23-20-17-14-11-7-2)64-87-91(79,80)85-60-67(74)61-86-92(81,82)88-65-69(63-84-71(76)57-52-47-44-43-45-50-55-66(5)9-4)90-72(77)58-53-48-41-38-34-27-24-21-18-15-12-8-3/h23,26,29,31,66-69,74H,6-22,24-25,27-28,30,32-65H2,1-5H3,(H,79,80)(H,81,82)/b26-23-,31-29-/t66?,67-,68-,69-/m1/s1. The van der Waals surface area contributed by atoms with Gasteiger partial charge in [0, 0.05) is 25.7 Å². The molecule has 3 N–H and O–H groups in total. The molecule has 0 aliphatic rings. The lowest BCUT2D eigenvalue weighted by Crippen LogP contribution is -2.30. The number of allylic oxidation sites excluding steroid dienone is 4. The quantitative estimate of drug-likeness (QED) is 0.0169. The predicted molar refractivity (Wildman–Crippen MR) is 372 cm³/mol. The van der Waals surface area contributed by atoms with E-state index >= 15 is 0 Å². The van der Waals surface area contributed by atoms with Gasteiger partial charge < -0.3 is 33.8 Å². The van der Waals surface area contributed by atoms with Crippen LogP contribution in [-0.2, 0) is 65.4 Å². The molecule has 92 heavy (non-hydrogen) atoms. The van der Waals surface area contributed by atoms with E-state index in [0.717, 1.165) is 115 Å². The van der Waals surface area contributed by atoms with Crippen LogP contribution in [0.5, 0.6) is 0 Å². The van der Waals surface area contributed by atoms with Crippen molar-refractivity contribution in [2.45, 2.75) is 374 Å². The minimum atomic E-state index is -4.96. The lowest BCUT2D eigenvalue weighted by molar-refractivity contribution is -0.161. The maximum absolute atomic E-state index is 13.0. The second-order valence-corrected chi connectivity index (χ2v) is 28.8. The van der Waals surface area contributed by atoms with E-state index in [2.05, 4.69) is 58.9 Å². The van der Waals surface area contributed by atoms with E-state index in [1.54, 1.807) is 0 Å². The van der Waals surface area contributed by atoms with Gasteiger partial charge >= 0.3 is 39.5 Å². The Morgan fingerprint density at radius 1 is 0.348 bits per heavy atom. The summed E-state index contributed by atoms with van der Waals surface area (Å²) in [6.45, 7) is 7.16. The summed E-state index contributed by atoms with van der Waals surface area (Å²) in [7, 11) is -9.92. The van der Waals surface area contributed by atoms with E-state index in [0.29, 0.717) is 25.7 Å². The molecule has 0 spiro atoms. The second-order valence-electron chi connectivity index (χ2n) is 25.9. The Labute approximate surface area is 561 Å². The molecule has 0 aromatic heterocycles. The molecule has 0 bridgehead atoms. The highest BCUT2D eigenvalue weighted by atomic mass is 31.2. The number of esters is 4. The van der Waals surface area contributed by atoms with Gasteiger partial charge in [-0.2, -0.15) is 0 Å². The Balaban J connectivity index is 5.29. The molecule has 0 radical (unpaired) electrons. The zero-order valence-corrected chi connectivity index (χ0v) is 61.0. The zero-order chi connectivity index (χ0) is 67.7. The normalized spacial score (nSPS) is 14.5. The molecule has 19 heteroatoms. The first-order valence-corrected chi connectivity index (χ1v) is 40.5. The summed E-state index contributed by atoms with van der Waals surface area (Å²) >= 11 is 0. The van der Waals surface area contributed by atoms with Crippen LogP contribution in [0.4, 0.5) is 0 Å². The van der Waals surface area contributed by atoms with Crippen LogP contribution in [0.3, 0.4) is 0 Å². The predicted octanol–water partition coefficient (Wildman–Crippen LogP) is 20.9. The average Bonchev–Trinajstić information content (AvgIpc) is 1.82. The van der Waals surface area contributed by atoms with Crippen LogP contribution in [0.15, 0.2) is 24.3 Å². The maximum Gasteiger partial charge on any atom is 0.472 e. The molecule has 0 amide bonds. The molecule has 0 fully saturated rings. The fourth-order valence-corrected chi connectivity index (χ4v) is 12.2. The van der Waals surface area contributed by atoms with Gasteiger partial charge in [0.1, 0.15) is 19.3 Å². The molecule has 17 nitrogen and oxygen atoms in total. The molecule has 0 aromatic carbocycles. The van der Waals surface area contributed by atoms with Crippen molar-refractivity contribution in [3.63, 3.8) is 0 Å². The van der Waals surface area contributed by atoms with Crippen molar-refractivity contribution in [3.05, 3.63) is 24.3 Å². The van der Waals surface area contributed by atoms with Gasteiger partial charge in [0.2, 0.25) is 0 Å². The minimum absolute atomic E-state index is 0.0856. The summed E-state index contributed by atoms with van der Waals surface area (Å²) in [5, 5.41) is 10.6. The van der Waals surface area contributed by atoms with E-state index in [9.17, 15) is 43.2 Å². The number of ether oxygens (including phenoxy) is 4. The van der Waals surface area contributed by atoms with E-state index in [-0.39, 0.29) is 25.7 Å². The third kappa shape index (κ3) is 64.9. The van der Waals surface area contributed by atoms with Crippen LogP contribution in [0, 0.1) is 5.92 Å². The SMILES string of the molecule is CCCCCC/C=C\C=C/CCCCCCCC(=O)O[C@H](COC(=O)CCCCCCCCCCCCCCCCC)COP(=O)(O)OC[C@@H](O)COP(=O)(O)OC[C@@H](COC(=O)CCCCCCCCC(C)CC)OC(=O)CCCCCCCCCCCCCC. The van der Waals surface area contributed by atoms with Crippen LogP contribution < -0.4 is 0 Å². The molecule has 542 valence electrons. The molecule has 6 atom stereocenters. The van der Waals surface area contributed by atoms with Crippen molar-refractivity contribution in [1.29, 1.82) is 0 Å². The topological polar surface area (TPSA) is 237 Å². The van der Waals surface area contributed by atoms with Crippen LogP contribution >= 0.6 is 15.6 Å². The summed E-state index contributed by atoms with van der Waals surface area (Å²) in [6, 6.07) is 0. The molecule has 0 aliphatic heterocycles. The molecule has 0 aliphatic carbocycles. The van der Waals surface area contributed by atoms with Gasteiger partial charge in [-0.25, -0.2) is 9.13 Å². The Kier molecular flexibility index (Phi) is 64.0. The van der Waals surface area contributed by atoms with Gasteiger partial charge in [0.25, 0.3) is 0 Å². The number of hydrogen-bond acceptors (Lipinski definition) is 15. The van der Waals surface area contributed by atoms with E-state index in [4.69, 9.17) is 37.0 Å². The smallest absolute Gasteiger partial charge is 0.462 e. The molecule has 0 saturated carbocycles. The fourth-order valence-electron chi connectivity index (χ4n) is 10.6. The number of aliphatic hydroxyl groups excluding tert-OH is 1. The highest BCUT2D eigenvalue weighted by Gasteiger charge is 2.30. The lowest BCUT2D eigenvalue weighted by atomic mass is 10.00. The third-order valence-corrected chi connectivity index (χ3v) is 18.7. The van der Waals surface area contributed by atoms with Crippen LogP contribution in [0.1, 0.15) is 356 Å². The summed E-state index contributed by atoms with van der Waals surface area (Å²) in [5.41, 5.74) is 0. The Morgan fingerprint density at radius 2 is 0.609 bits per heavy atom. The van der Waals surface area contributed by atoms with Gasteiger partial charge in [-0.1, -0.05) is 303 Å². The van der Waals surface area contributed by atoms with Crippen molar-refractivity contribution in [2.75, 3.05) is 39.6 Å². The molecule has 0 aromatic rings. The van der Waals surface area contributed by atoms with Crippen molar-refractivity contribution in [2.24, 2.45) is 5.92 Å². The molecule has 0 saturated heterocycles. The van der Waals surface area contributed by atoms with Crippen molar-refractivity contribution in [1.82, 2.24) is 0 Å². The van der Waals surface area contributed by atoms with Crippen molar-refractivity contribution in [3.8, 4) is 0 Å². The highest BCUT2D eigenvalue weighted by molar-refractivity contribution is 7.47. The summed E-state index contributed by atoms with van der Waals surface area (Å²) in [4.78, 5) is 72.6. The second kappa shape index (κ2) is 65.8. The first kappa shape index (κ1) is 89.5. The largest absolute Gasteiger partial charge is 0.472 e. The first-order chi connectivity index (χ1) is 44.6. The number of phosphoric ester groups is 2. The average molecular weight is 1350 g/mol. The van der Waals surface area contributed by atoms with Gasteiger partial charge in [-0.15, -0.1) is 0 Å². The lowest BCUT2D eigenvalue weighted by Gasteiger charge is -2.21. The molecule has 0 heterocycles. The van der Waals surface area contributed by atoms with Gasteiger partial charge in [0.15, 0.2) is 12.2 Å². The van der Waals surface area contributed by atoms with Gasteiger partial charge in [0.05, 0.1) is 26.4 Å². The molecule has 0 rings (SSSR count). The Bertz CT molecular complexity index is 1870. The number of carbonyl (C=O) groups excluding carboxylic acids is 4. The first-order valence-electron chi connectivity index (χ1n) is 37.5. The van der Waals surface area contributed by atoms with Crippen LogP contribution in [0.25, 0.3) is 0 Å². The number of aliphatic hydroxyl groups is 1. The highest BCUT2D eigenvalue weighted by Crippen LogP contribution is 2.45. The number of hydrogen-bond donors (Lipinski definition) is 3. The Morgan fingerprint density at radius 3 is 0.924 bits per heavy atom. The van der Waals surface area contributed by atoms with E-state index < -0.39 is 97.5 Å². The van der Waals surface area contributed by atoms with Crippen LogP contribution in [0.2, 0.25) is 0 Å². The summed E-state index contributed by atoms with van der Waals surface area (Å²) < 4.78 is 68.3. The number of carbonyl (C=O) groups is 4. The van der Waals surface area contributed by atoms with Crippen molar-refractivity contribution >= 4 is 39.5 Å². The van der Waals surface area contributed by atoms with E-state index in [1.165, 1.54) is 161 Å². The number of rotatable bonds is 71. The van der Waals surface area contributed by atoms with Gasteiger partial charge in [-0.3, -0.25) is 37.3 Å². The van der Waals surface area contributed by atoms with Crippen molar-refractivity contribution < 1.29 is 80.2 Å². The number of unbranched alkanes of at least 4 members (excludes halogenated alkanes) is 39. The summed E-state index contributed by atoms with van der Waals surface area (Å²) in [6.07, 6.45) is 56.2. The number of phosphoric acid groups is 2. The summed E-state index contributed by atoms with van der Waals surface area (Å²) in [5.74, 6) is -1.42. The minimum Gasteiger partial charge on any atom is -0.462 e. The van der Waals surface area contributed by atoms with Gasteiger partial charge in [-0.05, 0) is 57.3 Å². The monoisotopic (exact) mass is 1350 g/mol. The van der Waals surface area contributed by atoms with E-state index in [1.807, 2.05) is 0 Å². The molecule has 3 unspecified atom stereocenters. The zero-order valence-electron chi connectivity index (χ0n) is 59.2. The molecular weight excluding hydrogens is 1210 g/mol. The third-order valence-electron chi connectivity index (χ3n) is 16.8. The fraction of sp³-hybridized carbons (Fsp3) is 0.890.